The van der Waals surface area contributed by atoms with Crippen molar-refractivity contribution in [1.82, 2.24) is 0 Å². The Morgan fingerprint density at radius 3 is 2.41 bits per heavy atom. The van der Waals surface area contributed by atoms with Gasteiger partial charge in [-0.1, -0.05) is 45.1 Å². The summed E-state index contributed by atoms with van der Waals surface area (Å²) in [6.45, 7) is 7.75. The Kier molecular flexibility index (Phi) is 4.52. The predicted molar refractivity (Wildman–Crippen MR) is 79.7 cm³/mol. The highest BCUT2D eigenvalue weighted by Gasteiger charge is 2.13. The lowest BCUT2D eigenvalue weighted by Crippen LogP contribution is -2.25. The van der Waals surface area contributed by atoms with Crippen molar-refractivity contribution >= 4 is 22.9 Å². The van der Waals surface area contributed by atoms with E-state index in [1.54, 1.807) is 0 Å². The Morgan fingerprint density at radius 2 is 1.88 bits per heavy atom. The molecule has 0 unspecified atom stereocenters. The van der Waals surface area contributed by atoms with Crippen molar-refractivity contribution in [1.29, 1.82) is 0 Å². The highest BCUT2D eigenvalue weighted by atomic mass is 32.1. The third kappa shape index (κ3) is 4.35. The molecule has 1 aromatic rings. The summed E-state index contributed by atoms with van der Waals surface area (Å²) >= 11 is 5.08. The third-order valence-corrected chi connectivity index (χ3v) is 3.00. The summed E-state index contributed by atoms with van der Waals surface area (Å²) in [5.74, 6) is 0. The van der Waals surface area contributed by atoms with Gasteiger partial charge in [-0.05, 0) is 24.0 Å². The van der Waals surface area contributed by atoms with Crippen LogP contribution >= 0.6 is 12.2 Å². The van der Waals surface area contributed by atoms with Gasteiger partial charge in [0, 0.05) is 24.8 Å². The number of anilines is 1. The van der Waals surface area contributed by atoms with E-state index in [0.717, 1.165) is 24.2 Å². The van der Waals surface area contributed by atoms with Crippen molar-refractivity contribution in [2.24, 2.45) is 11.1 Å². The van der Waals surface area contributed by atoms with Gasteiger partial charge in [0.1, 0.15) is 4.99 Å². The number of benzene rings is 1. The molecule has 0 aliphatic carbocycles. The van der Waals surface area contributed by atoms with Gasteiger partial charge in [-0.2, -0.15) is 0 Å². The maximum absolute atomic E-state index is 5.74. The summed E-state index contributed by atoms with van der Waals surface area (Å²) in [6, 6.07) is 8.03. The van der Waals surface area contributed by atoms with E-state index in [2.05, 4.69) is 38.8 Å². The van der Waals surface area contributed by atoms with E-state index >= 15 is 0 Å². The zero-order valence-corrected chi connectivity index (χ0v) is 12.0. The summed E-state index contributed by atoms with van der Waals surface area (Å²) in [4.78, 5) is 2.68. The van der Waals surface area contributed by atoms with Crippen molar-refractivity contribution in [2.45, 2.75) is 27.2 Å². The van der Waals surface area contributed by atoms with Gasteiger partial charge in [-0.3, -0.25) is 0 Å². The predicted octanol–water partition coefficient (Wildman–Crippen LogP) is 3.19. The Labute approximate surface area is 110 Å². The molecular formula is C14H22N2S. The van der Waals surface area contributed by atoms with Crippen LogP contribution in [0.5, 0.6) is 0 Å². The van der Waals surface area contributed by atoms with E-state index in [1.807, 2.05) is 18.2 Å². The smallest absolute Gasteiger partial charge is 0.106 e. The molecular weight excluding hydrogens is 228 g/mol. The molecule has 17 heavy (non-hydrogen) atoms. The molecule has 2 N–H and O–H groups in total. The molecule has 0 bridgehead atoms. The molecule has 0 spiro atoms. The van der Waals surface area contributed by atoms with Gasteiger partial charge in [0.2, 0.25) is 0 Å². The van der Waals surface area contributed by atoms with Gasteiger partial charge in [-0.25, -0.2) is 0 Å². The second-order valence-electron chi connectivity index (χ2n) is 5.61. The second-order valence-corrected chi connectivity index (χ2v) is 6.05. The van der Waals surface area contributed by atoms with Crippen LogP contribution in [0.2, 0.25) is 0 Å². The van der Waals surface area contributed by atoms with E-state index in [1.165, 1.54) is 0 Å². The van der Waals surface area contributed by atoms with Crippen molar-refractivity contribution in [3.05, 3.63) is 29.8 Å². The molecule has 0 aliphatic rings. The van der Waals surface area contributed by atoms with Crippen LogP contribution in [-0.2, 0) is 0 Å². The van der Waals surface area contributed by atoms with Crippen molar-refractivity contribution in [3.63, 3.8) is 0 Å². The number of thiocarbonyl (C=S) groups is 1. The number of nitrogens with zero attached hydrogens (tertiary/aromatic N) is 1. The van der Waals surface area contributed by atoms with Crippen LogP contribution < -0.4 is 10.6 Å². The van der Waals surface area contributed by atoms with E-state index in [0.29, 0.717) is 10.4 Å². The SMILES string of the molecule is CN(CCC(C)(C)C)c1ccccc1C(N)=S. The zero-order valence-electron chi connectivity index (χ0n) is 11.2. The maximum Gasteiger partial charge on any atom is 0.106 e. The average Bonchev–Trinajstić information content (AvgIpc) is 2.25. The summed E-state index contributed by atoms with van der Waals surface area (Å²) in [5.41, 5.74) is 8.15. The number of hydrogen-bond acceptors (Lipinski definition) is 2. The molecule has 2 nitrogen and oxygen atoms in total. The second kappa shape index (κ2) is 5.50. The molecule has 0 aliphatic heterocycles. The first-order valence-corrected chi connectivity index (χ1v) is 6.32. The molecule has 0 radical (unpaired) electrons. The fourth-order valence-electron chi connectivity index (χ4n) is 1.64. The summed E-state index contributed by atoms with van der Waals surface area (Å²) in [5, 5.41) is 0. The molecule has 0 saturated carbocycles. The van der Waals surface area contributed by atoms with Crippen LogP contribution in [0, 0.1) is 5.41 Å². The lowest BCUT2D eigenvalue weighted by molar-refractivity contribution is 0.381. The molecule has 0 aromatic heterocycles. The summed E-state index contributed by atoms with van der Waals surface area (Å²) < 4.78 is 0. The van der Waals surface area contributed by atoms with Crippen LogP contribution in [0.15, 0.2) is 24.3 Å². The van der Waals surface area contributed by atoms with Gasteiger partial charge in [0.25, 0.3) is 0 Å². The first-order valence-electron chi connectivity index (χ1n) is 5.91. The standard InChI is InChI=1S/C14H22N2S/c1-14(2,3)9-10-16(4)12-8-6-5-7-11(12)13(15)17/h5-8H,9-10H2,1-4H3,(H2,15,17). The monoisotopic (exact) mass is 250 g/mol. The van der Waals surface area contributed by atoms with Gasteiger partial charge in [-0.15, -0.1) is 0 Å². The van der Waals surface area contributed by atoms with Crippen LogP contribution in [-0.4, -0.2) is 18.6 Å². The van der Waals surface area contributed by atoms with E-state index in [9.17, 15) is 0 Å². The zero-order chi connectivity index (χ0) is 13.1. The summed E-state index contributed by atoms with van der Waals surface area (Å²) in [6.07, 6.45) is 1.13. The fraction of sp³-hybridized carbons (Fsp3) is 0.500. The molecule has 0 atom stereocenters. The normalized spacial score (nSPS) is 11.3. The van der Waals surface area contributed by atoms with Crippen molar-refractivity contribution in [2.75, 3.05) is 18.5 Å². The molecule has 1 rings (SSSR count). The number of para-hydroxylation sites is 1. The molecule has 0 fully saturated rings. The Hall–Kier alpha value is -1.09. The van der Waals surface area contributed by atoms with Gasteiger partial charge >= 0.3 is 0 Å². The first-order chi connectivity index (χ1) is 7.81. The highest BCUT2D eigenvalue weighted by molar-refractivity contribution is 7.80. The minimum absolute atomic E-state index is 0.340. The van der Waals surface area contributed by atoms with Gasteiger partial charge in [0.05, 0.1) is 0 Å². The van der Waals surface area contributed by atoms with Crippen LogP contribution in [0.3, 0.4) is 0 Å². The average molecular weight is 250 g/mol. The van der Waals surface area contributed by atoms with Crippen LogP contribution in [0.1, 0.15) is 32.8 Å². The van der Waals surface area contributed by atoms with E-state index in [4.69, 9.17) is 18.0 Å². The first kappa shape index (κ1) is 14.0. The lowest BCUT2D eigenvalue weighted by Gasteiger charge is -2.26. The molecule has 1 aromatic carbocycles. The largest absolute Gasteiger partial charge is 0.389 e. The topological polar surface area (TPSA) is 29.3 Å². The Morgan fingerprint density at radius 1 is 1.29 bits per heavy atom. The van der Waals surface area contributed by atoms with Gasteiger partial charge in [0.15, 0.2) is 0 Å². The van der Waals surface area contributed by atoms with E-state index < -0.39 is 0 Å². The van der Waals surface area contributed by atoms with E-state index in [-0.39, 0.29) is 0 Å². The molecule has 0 heterocycles. The maximum atomic E-state index is 5.74. The lowest BCUT2D eigenvalue weighted by atomic mass is 9.92. The number of nitrogens with two attached hydrogens (primary N) is 1. The molecule has 3 heteroatoms. The molecule has 94 valence electrons. The van der Waals surface area contributed by atoms with Gasteiger partial charge < -0.3 is 10.6 Å². The molecule has 0 saturated heterocycles. The minimum atomic E-state index is 0.340. The van der Waals surface area contributed by atoms with Crippen molar-refractivity contribution < 1.29 is 0 Å². The Balaban J connectivity index is 2.82. The minimum Gasteiger partial charge on any atom is -0.389 e. The summed E-state index contributed by atoms with van der Waals surface area (Å²) in [7, 11) is 2.09. The van der Waals surface area contributed by atoms with Crippen LogP contribution in [0.4, 0.5) is 5.69 Å². The number of rotatable bonds is 4. The highest BCUT2D eigenvalue weighted by Crippen LogP contribution is 2.23. The quantitative estimate of drug-likeness (QED) is 0.832. The number of hydrogen-bond donors (Lipinski definition) is 1. The van der Waals surface area contributed by atoms with Crippen LogP contribution in [0.25, 0.3) is 0 Å². The fourth-order valence-corrected chi connectivity index (χ4v) is 1.81. The molecule has 0 amide bonds. The van der Waals surface area contributed by atoms with Crippen molar-refractivity contribution in [3.8, 4) is 0 Å². The third-order valence-electron chi connectivity index (χ3n) is 2.78. The Bertz CT molecular complexity index is 393.